The summed E-state index contributed by atoms with van der Waals surface area (Å²) in [5, 5.41) is 3.10. The van der Waals surface area contributed by atoms with E-state index < -0.39 is 0 Å². The van der Waals surface area contributed by atoms with Crippen LogP contribution < -0.4 is 5.32 Å². The zero-order chi connectivity index (χ0) is 11.8. The monoisotopic (exact) mass is 217 g/mol. The summed E-state index contributed by atoms with van der Waals surface area (Å²) in [6.07, 6.45) is 5.79. The molecule has 1 rings (SSSR count). The van der Waals surface area contributed by atoms with Gasteiger partial charge in [-0.2, -0.15) is 0 Å². The summed E-state index contributed by atoms with van der Waals surface area (Å²) in [6, 6.07) is 8.11. The Balaban J connectivity index is 2.59. The van der Waals surface area contributed by atoms with Crippen LogP contribution in [0.25, 0.3) is 6.08 Å². The summed E-state index contributed by atoms with van der Waals surface area (Å²) < 4.78 is 0. The van der Waals surface area contributed by atoms with Gasteiger partial charge in [-0.3, -0.25) is 4.79 Å². The Kier molecular flexibility index (Phi) is 5.51. The molecule has 0 spiro atoms. The number of benzene rings is 1. The van der Waals surface area contributed by atoms with Gasteiger partial charge in [0.2, 0.25) is 0 Å². The van der Waals surface area contributed by atoms with E-state index in [0.29, 0.717) is 6.42 Å². The van der Waals surface area contributed by atoms with Crippen LogP contribution in [0.5, 0.6) is 0 Å². The van der Waals surface area contributed by atoms with Crippen LogP contribution in [0.1, 0.15) is 24.5 Å². The molecule has 0 aliphatic heterocycles. The van der Waals surface area contributed by atoms with Crippen LogP contribution in [0.2, 0.25) is 0 Å². The number of rotatable bonds is 6. The number of hydrogen-bond acceptors (Lipinski definition) is 2. The van der Waals surface area contributed by atoms with E-state index in [1.54, 1.807) is 6.92 Å². The summed E-state index contributed by atoms with van der Waals surface area (Å²) in [7, 11) is 1.95. The van der Waals surface area contributed by atoms with E-state index in [-0.39, 0.29) is 5.78 Å². The second-order valence-electron chi connectivity index (χ2n) is 3.92. The molecule has 1 aromatic carbocycles. The molecule has 0 heterocycles. The number of carbonyl (C=O) groups excluding carboxylic acids is 1. The second-order valence-corrected chi connectivity index (χ2v) is 3.92. The maximum absolute atomic E-state index is 11.0. The predicted octanol–water partition coefficient (Wildman–Crippen LogP) is 2.44. The summed E-state index contributed by atoms with van der Waals surface area (Å²) in [6.45, 7) is 2.61. The smallest absolute Gasteiger partial charge is 0.134 e. The first-order valence-electron chi connectivity index (χ1n) is 5.62. The van der Waals surface area contributed by atoms with Crippen molar-refractivity contribution in [3.05, 3.63) is 41.5 Å². The van der Waals surface area contributed by atoms with Crippen LogP contribution in [-0.4, -0.2) is 19.4 Å². The number of hydrogen-bond donors (Lipinski definition) is 1. The lowest BCUT2D eigenvalue weighted by Crippen LogP contribution is -2.05. The summed E-state index contributed by atoms with van der Waals surface area (Å²) in [5.74, 6) is 0.205. The van der Waals surface area contributed by atoms with Crippen LogP contribution in [0, 0.1) is 0 Å². The highest BCUT2D eigenvalue weighted by Crippen LogP contribution is 2.08. The molecule has 0 aromatic heterocycles. The quantitative estimate of drug-likeness (QED) is 0.741. The molecule has 0 aliphatic carbocycles. The van der Waals surface area contributed by atoms with Crippen molar-refractivity contribution in [3.63, 3.8) is 0 Å². The van der Waals surface area contributed by atoms with E-state index in [2.05, 4.69) is 29.6 Å². The molecule has 86 valence electrons. The zero-order valence-electron chi connectivity index (χ0n) is 9.99. The van der Waals surface area contributed by atoms with E-state index in [0.717, 1.165) is 24.1 Å². The number of Topliss-reactive ketones (excluding diaryl/α,β-unsaturated/α-hetero) is 1. The Hall–Kier alpha value is -1.41. The van der Waals surface area contributed by atoms with Gasteiger partial charge in [0.05, 0.1) is 0 Å². The minimum Gasteiger partial charge on any atom is -0.319 e. The normalized spacial score (nSPS) is 10.9. The third kappa shape index (κ3) is 4.89. The van der Waals surface area contributed by atoms with Gasteiger partial charge in [-0.1, -0.05) is 36.4 Å². The molecule has 1 N–H and O–H groups in total. The van der Waals surface area contributed by atoms with Crippen molar-refractivity contribution in [2.24, 2.45) is 0 Å². The van der Waals surface area contributed by atoms with Crippen LogP contribution >= 0.6 is 0 Å². The lowest BCUT2D eigenvalue weighted by Gasteiger charge is -1.99. The van der Waals surface area contributed by atoms with Crippen molar-refractivity contribution >= 4 is 11.9 Å². The Labute approximate surface area is 97.4 Å². The van der Waals surface area contributed by atoms with Gasteiger partial charge in [-0.05, 0) is 38.1 Å². The summed E-state index contributed by atoms with van der Waals surface area (Å²) in [4.78, 5) is 11.0. The van der Waals surface area contributed by atoms with Gasteiger partial charge in [-0.25, -0.2) is 0 Å². The van der Waals surface area contributed by atoms with Crippen molar-refractivity contribution in [2.45, 2.75) is 19.8 Å². The SMILES string of the molecule is CNCCC=Cc1cccc(CC(C)=O)c1. The van der Waals surface area contributed by atoms with E-state index >= 15 is 0 Å². The molecular formula is C14H19NO. The highest BCUT2D eigenvalue weighted by atomic mass is 16.1. The van der Waals surface area contributed by atoms with Crippen LogP contribution in [0.4, 0.5) is 0 Å². The van der Waals surface area contributed by atoms with Gasteiger partial charge in [0.25, 0.3) is 0 Å². The van der Waals surface area contributed by atoms with Crippen molar-refractivity contribution < 1.29 is 4.79 Å². The third-order valence-corrected chi connectivity index (χ3v) is 2.28. The Bertz CT molecular complexity index is 369. The maximum atomic E-state index is 11.0. The Morgan fingerprint density at radius 2 is 2.25 bits per heavy atom. The number of nitrogens with one attached hydrogen (secondary N) is 1. The van der Waals surface area contributed by atoms with Crippen molar-refractivity contribution in [1.82, 2.24) is 5.32 Å². The first-order valence-corrected chi connectivity index (χ1v) is 5.62. The van der Waals surface area contributed by atoms with Gasteiger partial charge >= 0.3 is 0 Å². The van der Waals surface area contributed by atoms with Gasteiger partial charge in [0.15, 0.2) is 0 Å². The molecule has 0 saturated heterocycles. The van der Waals surface area contributed by atoms with Crippen LogP contribution in [0.3, 0.4) is 0 Å². The first-order chi connectivity index (χ1) is 7.72. The lowest BCUT2D eigenvalue weighted by molar-refractivity contribution is -0.116. The molecule has 2 nitrogen and oxygen atoms in total. The molecule has 0 saturated carbocycles. The molecule has 2 heteroatoms. The number of ketones is 1. The van der Waals surface area contributed by atoms with Gasteiger partial charge in [0.1, 0.15) is 5.78 Å². The maximum Gasteiger partial charge on any atom is 0.134 e. The second kappa shape index (κ2) is 6.96. The average Bonchev–Trinajstić information content (AvgIpc) is 2.24. The van der Waals surface area contributed by atoms with Gasteiger partial charge < -0.3 is 5.32 Å². The molecule has 0 amide bonds. The molecule has 0 bridgehead atoms. The average molecular weight is 217 g/mol. The summed E-state index contributed by atoms with van der Waals surface area (Å²) >= 11 is 0. The van der Waals surface area contributed by atoms with Crippen molar-refractivity contribution in [1.29, 1.82) is 0 Å². The highest BCUT2D eigenvalue weighted by molar-refractivity contribution is 5.78. The summed E-state index contributed by atoms with van der Waals surface area (Å²) in [5.41, 5.74) is 2.25. The zero-order valence-corrected chi connectivity index (χ0v) is 9.99. The minimum atomic E-state index is 0.205. The molecule has 1 aromatic rings. The van der Waals surface area contributed by atoms with Gasteiger partial charge in [-0.15, -0.1) is 0 Å². The number of carbonyl (C=O) groups is 1. The van der Waals surface area contributed by atoms with Crippen molar-refractivity contribution in [3.8, 4) is 0 Å². The third-order valence-electron chi connectivity index (χ3n) is 2.28. The van der Waals surface area contributed by atoms with E-state index in [1.807, 2.05) is 19.2 Å². The Morgan fingerprint density at radius 3 is 2.94 bits per heavy atom. The van der Waals surface area contributed by atoms with Gasteiger partial charge in [0, 0.05) is 6.42 Å². The van der Waals surface area contributed by atoms with E-state index in [4.69, 9.17) is 0 Å². The molecular weight excluding hydrogens is 198 g/mol. The molecule has 0 unspecified atom stereocenters. The fraction of sp³-hybridized carbons (Fsp3) is 0.357. The largest absolute Gasteiger partial charge is 0.319 e. The van der Waals surface area contributed by atoms with E-state index in [1.165, 1.54) is 0 Å². The molecule has 0 radical (unpaired) electrons. The highest BCUT2D eigenvalue weighted by Gasteiger charge is 1.97. The Morgan fingerprint density at radius 1 is 1.44 bits per heavy atom. The van der Waals surface area contributed by atoms with Crippen molar-refractivity contribution in [2.75, 3.05) is 13.6 Å². The van der Waals surface area contributed by atoms with Crippen LogP contribution in [-0.2, 0) is 11.2 Å². The molecule has 16 heavy (non-hydrogen) atoms. The fourth-order valence-corrected chi connectivity index (χ4v) is 1.54. The minimum absolute atomic E-state index is 0.205. The fourth-order valence-electron chi connectivity index (χ4n) is 1.54. The molecule has 0 fully saturated rings. The predicted molar refractivity (Wildman–Crippen MR) is 68.4 cm³/mol. The standard InChI is InChI=1S/C14H19NO/c1-12(16)10-14-8-5-7-13(11-14)6-3-4-9-15-2/h3,5-8,11,15H,4,9-10H2,1-2H3. The van der Waals surface area contributed by atoms with Crippen LogP contribution in [0.15, 0.2) is 30.3 Å². The van der Waals surface area contributed by atoms with E-state index in [9.17, 15) is 4.79 Å². The lowest BCUT2D eigenvalue weighted by atomic mass is 10.1. The molecule has 0 atom stereocenters. The molecule has 0 aliphatic rings. The topological polar surface area (TPSA) is 29.1 Å². The first kappa shape index (κ1) is 12.7.